The quantitative estimate of drug-likeness (QED) is 0.489. The molecule has 0 aliphatic heterocycles. The van der Waals surface area contributed by atoms with Crippen LogP contribution in [0.3, 0.4) is 0 Å². The van der Waals surface area contributed by atoms with Crippen LogP contribution in [-0.2, 0) is 4.79 Å². The van der Waals surface area contributed by atoms with E-state index in [0.717, 1.165) is 0 Å². The summed E-state index contributed by atoms with van der Waals surface area (Å²) in [6.07, 6.45) is 0.0653. The van der Waals surface area contributed by atoms with Gasteiger partial charge in [0.1, 0.15) is 0 Å². The van der Waals surface area contributed by atoms with E-state index in [2.05, 4.69) is 10.6 Å². The zero-order valence-electron chi connectivity index (χ0n) is 10.8. The molecule has 0 aromatic heterocycles. The maximum absolute atomic E-state index is 11.3. The first-order valence-corrected chi connectivity index (χ1v) is 5.74. The maximum Gasteiger partial charge on any atom is 0.221 e. The summed E-state index contributed by atoms with van der Waals surface area (Å²) in [5.41, 5.74) is 0. The summed E-state index contributed by atoms with van der Waals surface area (Å²) in [5.74, 6) is 0.0459. The molecule has 1 amide bonds. The second-order valence-corrected chi connectivity index (χ2v) is 4.59. The monoisotopic (exact) mass is 231 g/mol. The van der Waals surface area contributed by atoms with E-state index in [1.54, 1.807) is 0 Å². The van der Waals surface area contributed by atoms with Crippen LogP contribution in [0.15, 0.2) is 0 Å². The van der Waals surface area contributed by atoms with E-state index >= 15 is 0 Å². The fourth-order valence-electron chi connectivity index (χ4n) is 1.35. The number of rotatable bonds is 8. The van der Waals surface area contributed by atoms with E-state index in [1.165, 1.54) is 0 Å². The Hall–Kier alpha value is -0.650. The molecular formula is C11H25N3O2. The predicted octanol–water partition coefficient (Wildman–Crippen LogP) is -0.587. The van der Waals surface area contributed by atoms with Gasteiger partial charge in [0.25, 0.3) is 0 Å². The van der Waals surface area contributed by atoms with Crippen LogP contribution in [0.25, 0.3) is 0 Å². The summed E-state index contributed by atoms with van der Waals surface area (Å²) >= 11 is 0. The summed E-state index contributed by atoms with van der Waals surface area (Å²) in [4.78, 5) is 13.2. The Morgan fingerprint density at radius 3 is 2.50 bits per heavy atom. The maximum atomic E-state index is 11.3. The Morgan fingerprint density at radius 1 is 1.38 bits per heavy atom. The third-order valence-electron chi connectivity index (χ3n) is 1.93. The third kappa shape index (κ3) is 9.89. The van der Waals surface area contributed by atoms with Crippen molar-refractivity contribution in [1.82, 2.24) is 15.5 Å². The highest BCUT2D eigenvalue weighted by Crippen LogP contribution is 1.86. The number of carbonyl (C=O) groups is 1. The standard InChI is InChI=1S/C11H25N3O2/c1-9(2)13-11(16)5-6-12-7-10(15)8-14(3)4/h9-10,12,15H,5-8H2,1-4H3,(H,13,16). The molecule has 0 aliphatic rings. The first-order valence-electron chi connectivity index (χ1n) is 5.74. The molecule has 0 aliphatic carbocycles. The van der Waals surface area contributed by atoms with Crippen LogP contribution in [0.5, 0.6) is 0 Å². The van der Waals surface area contributed by atoms with Crippen molar-refractivity contribution in [2.45, 2.75) is 32.4 Å². The Labute approximate surface area is 98.2 Å². The zero-order valence-corrected chi connectivity index (χ0v) is 10.8. The van der Waals surface area contributed by atoms with E-state index in [9.17, 15) is 9.90 Å². The second-order valence-electron chi connectivity index (χ2n) is 4.59. The van der Waals surface area contributed by atoms with Crippen molar-refractivity contribution in [3.63, 3.8) is 0 Å². The Morgan fingerprint density at radius 2 is 2.00 bits per heavy atom. The molecule has 0 aromatic carbocycles. The molecule has 3 N–H and O–H groups in total. The molecule has 96 valence electrons. The minimum absolute atomic E-state index is 0.0459. The minimum atomic E-state index is -0.386. The van der Waals surface area contributed by atoms with Gasteiger partial charge in [0.2, 0.25) is 5.91 Å². The van der Waals surface area contributed by atoms with Crippen LogP contribution in [0.4, 0.5) is 0 Å². The molecule has 0 bridgehead atoms. The molecule has 0 heterocycles. The molecule has 0 aromatic rings. The number of nitrogens with zero attached hydrogens (tertiary/aromatic N) is 1. The van der Waals surface area contributed by atoms with Gasteiger partial charge in [-0.2, -0.15) is 0 Å². The number of aliphatic hydroxyl groups is 1. The van der Waals surface area contributed by atoms with Crippen molar-refractivity contribution < 1.29 is 9.90 Å². The fraction of sp³-hybridized carbons (Fsp3) is 0.909. The largest absolute Gasteiger partial charge is 0.390 e. The average Bonchev–Trinajstić information content (AvgIpc) is 2.10. The minimum Gasteiger partial charge on any atom is -0.390 e. The van der Waals surface area contributed by atoms with E-state index in [0.29, 0.717) is 26.1 Å². The highest BCUT2D eigenvalue weighted by Gasteiger charge is 2.06. The van der Waals surface area contributed by atoms with E-state index < -0.39 is 0 Å². The smallest absolute Gasteiger partial charge is 0.221 e. The molecule has 0 fully saturated rings. The topological polar surface area (TPSA) is 64.6 Å². The first kappa shape index (κ1) is 15.3. The van der Waals surface area contributed by atoms with Crippen LogP contribution in [-0.4, -0.2) is 61.8 Å². The van der Waals surface area contributed by atoms with Gasteiger partial charge in [0, 0.05) is 32.1 Å². The Kier molecular flexibility index (Phi) is 8.15. The Bertz CT molecular complexity index is 196. The number of aliphatic hydroxyl groups excluding tert-OH is 1. The van der Waals surface area contributed by atoms with Gasteiger partial charge >= 0.3 is 0 Å². The van der Waals surface area contributed by atoms with E-state index in [4.69, 9.17) is 0 Å². The number of carbonyl (C=O) groups excluding carboxylic acids is 1. The molecule has 1 unspecified atom stereocenters. The zero-order chi connectivity index (χ0) is 12.6. The van der Waals surface area contributed by atoms with Gasteiger partial charge < -0.3 is 20.6 Å². The number of likely N-dealkylation sites (N-methyl/N-ethyl adjacent to an activating group) is 1. The molecule has 16 heavy (non-hydrogen) atoms. The van der Waals surface area contributed by atoms with Crippen molar-refractivity contribution in [2.75, 3.05) is 33.7 Å². The highest BCUT2D eigenvalue weighted by atomic mass is 16.3. The normalized spacial score (nSPS) is 13.2. The number of nitrogens with one attached hydrogen (secondary N) is 2. The highest BCUT2D eigenvalue weighted by molar-refractivity contribution is 5.76. The van der Waals surface area contributed by atoms with Crippen molar-refractivity contribution >= 4 is 5.91 Å². The third-order valence-corrected chi connectivity index (χ3v) is 1.93. The van der Waals surface area contributed by atoms with Crippen molar-refractivity contribution in [3.05, 3.63) is 0 Å². The molecule has 0 saturated carbocycles. The predicted molar refractivity (Wildman–Crippen MR) is 65.3 cm³/mol. The number of hydrogen-bond acceptors (Lipinski definition) is 4. The number of amides is 1. The van der Waals surface area contributed by atoms with Crippen LogP contribution in [0, 0.1) is 0 Å². The summed E-state index contributed by atoms with van der Waals surface area (Å²) in [7, 11) is 3.83. The lowest BCUT2D eigenvalue weighted by atomic mass is 10.3. The summed E-state index contributed by atoms with van der Waals surface area (Å²) in [5, 5.41) is 15.4. The average molecular weight is 231 g/mol. The molecule has 1 atom stereocenters. The van der Waals surface area contributed by atoms with Gasteiger partial charge in [0.15, 0.2) is 0 Å². The molecule has 0 radical (unpaired) electrons. The summed E-state index contributed by atoms with van der Waals surface area (Å²) < 4.78 is 0. The van der Waals surface area contributed by atoms with Crippen LogP contribution < -0.4 is 10.6 Å². The summed E-state index contributed by atoms with van der Waals surface area (Å²) in [6, 6.07) is 0.187. The van der Waals surface area contributed by atoms with Crippen molar-refractivity contribution in [1.29, 1.82) is 0 Å². The van der Waals surface area contributed by atoms with Crippen LogP contribution in [0.2, 0.25) is 0 Å². The lowest BCUT2D eigenvalue weighted by Crippen LogP contribution is -2.37. The van der Waals surface area contributed by atoms with Gasteiger partial charge in [0.05, 0.1) is 6.10 Å². The van der Waals surface area contributed by atoms with Gasteiger partial charge in [-0.3, -0.25) is 4.79 Å². The van der Waals surface area contributed by atoms with Gasteiger partial charge in [-0.05, 0) is 27.9 Å². The van der Waals surface area contributed by atoms with Crippen LogP contribution in [0.1, 0.15) is 20.3 Å². The van der Waals surface area contributed by atoms with Crippen molar-refractivity contribution in [3.8, 4) is 0 Å². The fourth-order valence-corrected chi connectivity index (χ4v) is 1.35. The lowest BCUT2D eigenvalue weighted by Gasteiger charge is -2.16. The molecule has 0 spiro atoms. The summed E-state index contributed by atoms with van der Waals surface area (Å²) in [6.45, 7) is 5.62. The van der Waals surface area contributed by atoms with Gasteiger partial charge in [-0.25, -0.2) is 0 Å². The molecular weight excluding hydrogens is 206 g/mol. The van der Waals surface area contributed by atoms with Gasteiger partial charge in [-0.15, -0.1) is 0 Å². The van der Waals surface area contributed by atoms with E-state index in [-0.39, 0.29) is 18.1 Å². The Balaban J connectivity index is 3.42. The molecule has 5 heteroatoms. The van der Waals surface area contributed by atoms with Gasteiger partial charge in [-0.1, -0.05) is 0 Å². The molecule has 5 nitrogen and oxygen atoms in total. The SMILES string of the molecule is CC(C)NC(=O)CCNCC(O)CN(C)C. The van der Waals surface area contributed by atoms with E-state index in [1.807, 2.05) is 32.8 Å². The van der Waals surface area contributed by atoms with Crippen molar-refractivity contribution in [2.24, 2.45) is 0 Å². The molecule has 0 saturated heterocycles. The second kappa shape index (κ2) is 8.50. The molecule has 0 rings (SSSR count). The lowest BCUT2D eigenvalue weighted by molar-refractivity contribution is -0.121. The number of hydrogen-bond donors (Lipinski definition) is 3. The first-order chi connectivity index (χ1) is 7.41. The van der Waals surface area contributed by atoms with Crippen LogP contribution >= 0.6 is 0 Å².